The molecule has 3 heterocycles. The van der Waals surface area contributed by atoms with Crippen molar-refractivity contribution in [2.24, 2.45) is 11.8 Å². The Bertz CT molecular complexity index is 704. The zero-order valence-corrected chi connectivity index (χ0v) is 20.7. The second-order valence-corrected chi connectivity index (χ2v) is 11.5. The topological polar surface area (TPSA) is 95.9 Å². The molecule has 2 N–H and O–H groups in total. The Labute approximate surface area is 196 Å². The molecule has 3 saturated heterocycles. The number of ether oxygens (including phenoxy) is 1. The van der Waals surface area contributed by atoms with Crippen LogP contribution in [0.25, 0.3) is 0 Å². The molecule has 2 amide bonds. The SMILES string of the molecule is CCCCCNC(=O)C1N(CCCCCCO)C(=O)[C@@H]2[C@H](C(=O)OCC)[C@]3(C)CCC12S3. The normalized spacial score (nSPS) is 32.9. The molecule has 32 heavy (non-hydrogen) atoms. The molecule has 2 unspecified atom stereocenters. The van der Waals surface area contributed by atoms with Crippen molar-refractivity contribution >= 4 is 29.5 Å². The minimum atomic E-state index is -0.552. The number of esters is 1. The van der Waals surface area contributed by atoms with E-state index in [0.717, 1.165) is 57.8 Å². The van der Waals surface area contributed by atoms with Crippen molar-refractivity contribution in [2.45, 2.75) is 94.1 Å². The summed E-state index contributed by atoms with van der Waals surface area (Å²) in [5, 5.41) is 12.1. The molecule has 182 valence electrons. The van der Waals surface area contributed by atoms with Gasteiger partial charge in [0.15, 0.2) is 0 Å². The van der Waals surface area contributed by atoms with E-state index in [-0.39, 0.29) is 29.1 Å². The number of likely N-dealkylation sites (tertiary alicyclic amines) is 1. The third kappa shape index (κ3) is 4.54. The molecule has 3 aliphatic heterocycles. The van der Waals surface area contributed by atoms with E-state index in [1.807, 2.05) is 0 Å². The molecule has 3 rings (SSSR count). The second kappa shape index (κ2) is 10.8. The molecule has 0 aromatic rings. The van der Waals surface area contributed by atoms with Crippen LogP contribution < -0.4 is 5.32 Å². The number of fused-ring (bicyclic) bond motifs is 1. The molecule has 5 atom stereocenters. The summed E-state index contributed by atoms with van der Waals surface area (Å²) >= 11 is 1.69. The van der Waals surface area contributed by atoms with E-state index >= 15 is 0 Å². The van der Waals surface area contributed by atoms with Gasteiger partial charge in [0.2, 0.25) is 11.8 Å². The highest BCUT2D eigenvalue weighted by molar-refractivity contribution is 8.02. The standard InChI is InChI=1S/C24H40N2O5S/c1-4-6-9-14-25-20(28)19-24-13-12-23(3,32-24)18(22(30)31-5-2)17(24)21(29)26(19)15-10-7-8-11-16-27/h17-19,27H,4-16H2,1-3H3,(H,25,28)/t17-,18+,19?,23-,24?/m0/s1. The van der Waals surface area contributed by atoms with E-state index in [4.69, 9.17) is 9.84 Å². The van der Waals surface area contributed by atoms with Crippen molar-refractivity contribution in [3.63, 3.8) is 0 Å². The van der Waals surface area contributed by atoms with Crippen LogP contribution in [-0.4, -0.2) is 69.6 Å². The molecule has 0 radical (unpaired) electrons. The van der Waals surface area contributed by atoms with Crippen LogP contribution in [0.4, 0.5) is 0 Å². The van der Waals surface area contributed by atoms with Crippen molar-refractivity contribution in [1.29, 1.82) is 0 Å². The van der Waals surface area contributed by atoms with Crippen molar-refractivity contribution < 1.29 is 24.2 Å². The van der Waals surface area contributed by atoms with Gasteiger partial charge in [-0.2, -0.15) is 0 Å². The van der Waals surface area contributed by atoms with Gasteiger partial charge >= 0.3 is 5.97 Å². The predicted molar refractivity (Wildman–Crippen MR) is 125 cm³/mol. The minimum absolute atomic E-state index is 0.0603. The summed E-state index contributed by atoms with van der Waals surface area (Å²) < 4.78 is 4.48. The quantitative estimate of drug-likeness (QED) is 0.319. The molecule has 0 saturated carbocycles. The second-order valence-electron chi connectivity index (χ2n) is 9.65. The van der Waals surface area contributed by atoms with Crippen LogP contribution in [0.1, 0.15) is 78.6 Å². The summed E-state index contributed by atoms with van der Waals surface area (Å²) in [5.74, 6) is -1.42. The van der Waals surface area contributed by atoms with E-state index in [1.54, 1.807) is 23.6 Å². The van der Waals surface area contributed by atoms with E-state index in [2.05, 4.69) is 19.2 Å². The van der Waals surface area contributed by atoms with Gasteiger partial charge in [-0.1, -0.05) is 32.6 Å². The third-order valence-electron chi connectivity index (χ3n) is 7.45. The number of carbonyl (C=O) groups excluding carboxylic acids is 3. The lowest BCUT2D eigenvalue weighted by Crippen LogP contribution is -2.53. The summed E-state index contributed by atoms with van der Waals surface area (Å²) in [7, 11) is 0. The molecular weight excluding hydrogens is 428 g/mol. The molecule has 2 bridgehead atoms. The zero-order chi connectivity index (χ0) is 23.4. The van der Waals surface area contributed by atoms with Crippen LogP contribution in [0.5, 0.6) is 0 Å². The van der Waals surface area contributed by atoms with Crippen LogP contribution in [-0.2, 0) is 19.1 Å². The van der Waals surface area contributed by atoms with E-state index < -0.39 is 22.6 Å². The first-order valence-electron chi connectivity index (χ1n) is 12.4. The predicted octanol–water partition coefficient (Wildman–Crippen LogP) is 2.89. The fourth-order valence-corrected chi connectivity index (χ4v) is 8.33. The summed E-state index contributed by atoms with van der Waals surface area (Å²) in [6.07, 6.45) is 8.00. The molecule has 0 aliphatic carbocycles. The van der Waals surface area contributed by atoms with Gasteiger partial charge in [-0.25, -0.2) is 0 Å². The molecule has 3 aliphatic rings. The largest absolute Gasteiger partial charge is 0.466 e. The van der Waals surface area contributed by atoms with Crippen molar-refractivity contribution in [3.05, 3.63) is 0 Å². The van der Waals surface area contributed by atoms with Crippen LogP contribution in [0.15, 0.2) is 0 Å². The lowest BCUT2D eigenvalue weighted by atomic mass is 9.66. The van der Waals surface area contributed by atoms with Gasteiger partial charge in [0.25, 0.3) is 0 Å². The number of hydrogen-bond acceptors (Lipinski definition) is 6. The van der Waals surface area contributed by atoms with Crippen molar-refractivity contribution in [1.82, 2.24) is 10.2 Å². The van der Waals surface area contributed by atoms with Gasteiger partial charge in [-0.05, 0) is 46.0 Å². The van der Waals surface area contributed by atoms with Gasteiger partial charge in [-0.3, -0.25) is 14.4 Å². The molecule has 0 aromatic carbocycles. The average molecular weight is 469 g/mol. The molecule has 7 nitrogen and oxygen atoms in total. The van der Waals surface area contributed by atoms with Crippen molar-refractivity contribution in [2.75, 3.05) is 26.3 Å². The minimum Gasteiger partial charge on any atom is -0.466 e. The number of thioether (sulfide) groups is 1. The highest BCUT2D eigenvalue weighted by Gasteiger charge is 2.77. The lowest BCUT2D eigenvalue weighted by Gasteiger charge is -2.34. The van der Waals surface area contributed by atoms with Gasteiger partial charge < -0.3 is 20.1 Å². The Morgan fingerprint density at radius 3 is 2.59 bits per heavy atom. The Morgan fingerprint density at radius 2 is 1.91 bits per heavy atom. The Balaban J connectivity index is 1.84. The maximum absolute atomic E-state index is 13.7. The number of hydrogen-bond donors (Lipinski definition) is 2. The number of unbranched alkanes of at least 4 members (excludes halogenated alkanes) is 5. The molecule has 3 fully saturated rings. The number of amides is 2. The van der Waals surface area contributed by atoms with Gasteiger partial charge in [0.05, 0.1) is 23.2 Å². The highest BCUT2D eigenvalue weighted by atomic mass is 32.2. The molecular formula is C24H40N2O5S. The molecule has 1 spiro atoms. The number of rotatable bonds is 13. The maximum atomic E-state index is 13.7. The fourth-order valence-electron chi connectivity index (χ4n) is 5.99. The fraction of sp³-hybridized carbons (Fsp3) is 0.875. The van der Waals surface area contributed by atoms with Crippen LogP contribution >= 0.6 is 11.8 Å². The number of nitrogens with zero attached hydrogens (tertiary/aromatic N) is 1. The first kappa shape index (κ1) is 25.3. The number of nitrogens with one attached hydrogen (secondary N) is 1. The van der Waals surface area contributed by atoms with E-state index in [9.17, 15) is 14.4 Å². The highest BCUT2D eigenvalue weighted by Crippen LogP contribution is 2.71. The lowest BCUT2D eigenvalue weighted by molar-refractivity contribution is -0.155. The Kier molecular flexibility index (Phi) is 8.53. The van der Waals surface area contributed by atoms with Gasteiger partial charge in [-0.15, -0.1) is 11.8 Å². The van der Waals surface area contributed by atoms with Gasteiger partial charge in [0, 0.05) is 24.4 Å². The Hall–Kier alpha value is -1.28. The summed E-state index contributed by atoms with van der Waals surface area (Å²) in [4.78, 5) is 41.9. The van der Waals surface area contributed by atoms with Crippen molar-refractivity contribution in [3.8, 4) is 0 Å². The number of aliphatic hydroxyl groups excluding tert-OH is 1. The number of carbonyl (C=O) groups is 3. The summed E-state index contributed by atoms with van der Waals surface area (Å²) in [6.45, 7) is 7.58. The third-order valence-corrected chi connectivity index (χ3v) is 9.44. The first-order chi connectivity index (χ1) is 15.4. The average Bonchev–Trinajstić information content (AvgIpc) is 3.32. The van der Waals surface area contributed by atoms with Crippen LogP contribution in [0, 0.1) is 11.8 Å². The summed E-state index contributed by atoms with van der Waals surface area (Å²) in [6, 6.07) is -0.536. The number of aliphatic hydroxyl groups is 1. The first-order valence-corrected chi connectivity index (χ1v) is 13.2. The Morgan fingerprint density at radius 1 is 1.16 bits per heavy atom. The molecule has 0 aromatic heterocycles. The van der Waals surface area contributed by atoms with Crippen LogP contribution in [0.2, 0.25) is 0 Å². The van der Waals surface area contributed by atoms with Gasteiger partial charge in [0.1, 0.15) is 6.04 Å². The van der Waals surface area contributed by atoms with E-state index in [1.165, 1.54) is 0 Å². The van der Waals surface area contributed by atoms with E-state index in [0.29, 0.717) is 19.7 Å². The van der Waals surface area contributed by atoms with Crippen LogP contribution in [0.3, 0.4) is 0 Å². The summed E-state index contributed by atoms with van der Waals surface area (Å²) in [5.41, 5.74) is 0. The molecule has 8 heteroatoms. The zero-order valence-electron chi connectivity index (χ0n) is 19.9. The maximum Gasteiger partial charge on any atom is 0.311 e. The monoisotopic (exact) mass is 468 g/mol. The smallest absolute Gasteiger partial charge is 0.311 e.